The molecular formula is C18H17N3O2S. The fourth-order valence-corrected chi connectivity index (χ4v) is 3.70. The topological polar surface area (TPSA) is 59.2 Å². The second-order valence-electron chi connectivity index (χ2n) is 5.79. The molecule has 1 aliphatic rings. The molecular weight excluding hydrogens is 322 g/mol. The van der Waals surface area contributed by atoms with E-state index in [9.17, 15) is 4.79 Å². The first kappa shape index (κ1) is 15.2. The molecule has 3 aromatic rings. The zero-order chi connectivity index (χ0) is 16.4. The van der Waals surface area contributed by atoms with E-state index in [0.29, 0.717) is 23.4 Å². The van der Waals surface area contributed by atoms with Crippen molar-refractivity contribution in [2.24, 2.45) is 0 Å². The molecule has 0 bridgehead atoms. The molecule has 1 amide bonds. The first-order valence-corrected chi connectivity index (χ1v) is 9.02. The number of benzene rings is 2. The van der Waals surface area contributed by atoms with Crippen LogP contribution in [0.25, 0.3) is 22.2 Å². The summed E-state index contributed by atoms with van der Waals surface area (Å²) in [7, 11) is 0. The van der Waals surface area contributed by atoms with Crippen LogP contribution in [0.3, 0.4) is 0 Å². The predicted octanol–water partition coefficient (Wildman–Crippen LogP) is 3.95. The minimum Gasteiger partial charge on any atom is -0.411 e. The normalized spacial score (nSPS) is 15.2. The Balaban J connectivity index is 1.53. The van der Waals surface area contributed by atoms with Gasteiger partial charge >= 0.3 is 0 Å². The lowest BCUT2D eigenvalue weighted by atomic mass is 10.0. The number of carbonyl (C=O) groups excluding carboxylic acids is 1. The average molecular weight is 339 g/mol. The Morgan fingerprint density at radius 3 is 2.88 bits per heavy atom. The number of amides is 1. The zero-order valence-corrected chi connectivity index (χ0v) is 14.0. The molecule has 0 atom stereocenters. The smallest absolute Gasteiger partial charge is 0.278 e. The number of rotatable bonds is 4. The van der Waals surface area contributed by atoms with Gasteiger partial charge in [0.1, 0.15) is 0 Å². The number of thioether (sulfide) groups is 1. The van der Waals surface area contributed by atoms with Gasteiger partial charge in [-0.1, -0.05) is 36.4 Å². The van der Waals surface area contributed by atoms with Crippen LogP contribution < -0.4 is 0 Å². The van der Waals surface area contributed by atoms with E-state index in [-0.39, 0.29) is 5.91 Å². The highest BCUT2D eigenvalue weighted by Gasteiger charge is 2.19. The number of nitrogens with zero attached hydrogens (tertiary/aromatic N) is 3. The lowest BCUT2D eigenvalue weighted by molar-refractivity contribution is -0.132. The van der Waals surface area contributed by atoms with E-state index in [4.69, 9.17) is 4.42 Å². The molecule has 1 saturated heterocycles. The van der Waals surface area contributed by atoms with E-state index in [1.807, 2.05) is 35.2 Å². The monoisotopic (exact) mass is 339 g/mol. The lowest BCUT2D eigenvalue weighted by Gasteiger charge is -2.25. The second-order valence-corrected chi connectivity index (χ2v) is 6.68. The summed E-state index contributed by atoms with van der Waals surface area (Å²) < 4.78 is 5.81. The van der Waals surface area contributed by atoms with Crippen molar-refractivity contribution in [2.75, 3.05) is 12.4 Å². The summed E-state index contributed by atoms with van der Waals surface area (Å²) >= 11 is 1.42. The second kappa shape index (κ2) is 6.65. The number of aromatic nitrogens is 2. The molecule has 0 spiro atoms. The van der Waals surface area contributed by atoms with Crippen molar-refractivity contribution in [3.8, 4) is 11.5 Å². The van der Waals surface area contributed by atoms with Crippen molar-refractivity contribution in [1.29, 1.82) is 0 Å². The van der Waals surface area contributed by atoms with Gasteiger partial charge in [-0.3, -0.25) is 4.79 Å². The molecule has 24 heavy (non-hydrogen) atoms. The van der Waals surface area contributed by atoms with Gasteiger partial charge in [0.05, 0.1) is 5.88 Å². The Kier molecular flexibility index (Phi) is 4.21. The van der Waals surface area contributed by atoms with Crippen LogP contribution in [0.1, 0.15) is 19.3 Å². The lowest BCUT2D eigenvalue weighted by Crippen LogP contribution is -2.34. The van der Waals surface area contributed by atoms with Crippen molar-refractivity contribution in [2.45, 2.75) is 24.5 Å². The Morgan fingerprint density at radius 2 is 1.96 bits per heavy atom. The SMILES string of the molecule is O=C1CCCCN1CSc1nnc(-c2cccc3ccccc23)o1. The van der Waals surface area contributed by atoms with Gasteiger partial charge in [-0.05, 0) is 41.4 Å². The summed E-state index contributed by atoms with van der Waals surface area (Å²) in [5.74, 6) is 1.29. The van der Waals surface area contributed by atoms with Crippen molar-refractivity contribution in [3.05, 3.63) is 42.5 Å². The average Bonchev–Trinajstić information content (AvgIpc) is 3.09. The number of hydrogen-bond acceptors (Lipinski definition) is 5. The number of likely N-dealkylation sites (tertiary alicyclic amines) is 1. The molecule has 0 saturated carbocycles. The Morgan fingerprint density at radius 1 is 1.08 bits per heavy atom. The quantitative estimate of drug-likeness (QED) is 0.674. The van der Waals surface area contributed by atoms with Crippen LogP contribution in [0.15, 0.2) is 52.1 Å². The third-order valence-corrected chi connectivity index (χ3v) is 5.04. The fourth-order valence-electron chi connectivity index (χ4n) is 2.92. The van der Waals surface area contributed by atoms with Crippen molar-refractivity contribution >= 4 is 28.4 Å². The van der Waals surface area contributed by atoms with E-state index in [1.54, 1.807) is 0 Å². The Bertz CT molecular complexity index is 872. The number of carbonyl (C=O) groups is 1. The minimum atomic E-state index is 0.211. The van der Waals surface area contributed by atoms with Crippen LogP contribution in [0.5, 0.6) is 0 Å². The number of fused-ring (bicyclic) bond motifs is 1. The molecule has 0 aliphatic carbocycles. The molecule has 0 radical (unpaired) electrons. The van der Waals surface area contributed by atoms with Gasteiger partial charge in [-0.15, -0.1) is 10.2 Å². The molecule has 6 heteroatoms. The van der Waals surface area contributed by atoms with E-state index >= 15 is 0 Å². The summed E-state index contributed by atoms with van der Waals surface area (Å²) in [5.41, 5.74) is 0.932. The van der Waals surface area contributed by atoms with Crippen LogP contribution >= 0.6 is 11.8 Å². The van der Waals surface area contributed by atoms with Crippen LogP contribution in [0, 0.1) is 0 Å². The Hall–Kier alpha value is -2.34. The third-order valence-electron chi connectivity index (χ3n) is 4.19. The van der Waals surface area contributed by atoms with E-state index in [1.165, 1.54) is 11.8 Å². The van der Waals surface area contributed by atoms with Crippen LogP contribution in [0.4, 0.5) is 0 Å². The maximum Gasteiger partial charge on any atom is 0.278 e. The maximum absolute atomic E-state index is 11.8. The molecule has 4 rings (SSSR count). The molecule has 1 aliphatic heterocycles. The maximum atomic E-state index is 11.8. The van der Waals surface area contributed by atoms with E-state index in [2.05, 4.69) is 22.3 Å². The highest BCUT2D eigenvalue weighted by molar-refractivity contribution is 7.99. The van der Waals surface area contributed by atoms with Crippen molar-refractivity contribution in [1.82, 2.24) is 15.1 Å². The third kappa shape index (κ3) is 3.01. The summed E-state index contributed by atoms with van der Waals surface area (Å²) in [5, 5.41) is 11.0. The molecule has 0 N–H and O–H groups in total. The standard InChI is InChI=1S/C18H17N3O2S/c22-16-10-3-4-11-21(16)12-24-18-20-19-17(23-18)15-9-5-7-13-6-1-2-8-14(13)15/h1-2,5-9H,3-4,10-12H2. The first-order chi connectivity index (χ1) is 11.8. The highest BCUT2D eigenvalue weighted by Crippen LogP contribution is 2.30. The van der Waals surface area contributed by atoms with Crippen LogP contribution in [-0.2, 0) is 4.79 Å². The molecule has 5 nitrogen and oxygen atoms in total. The van der Waals surface area contributed by atoms with Gasteiger partial charge < -0.3 is 9.32 Å². The Labute approximate surface area is 144 Å². The molecule has 2 aromatic carbocycles. The van der Waals surface area contributed by atoms with E-state index < -0.39 is 0 Å². The van der Waals surface area contributed by atoms with Crippen LogP contribution in [-0.4, -0.2) is 33.4 Å². The van der Waals surface area contributed by atoms with Crippen LogP contribution in [0.2, 0.25) is 0 Å². The molecule has 122 valence electrons. The molecule has 0 unspecified atom stereocenters. The molecule has 1 aromatic heterocycles. The first-order valence-electron chi connectivity index (χ1n) is 8.03. The van der Waals surface area contributed by atoms with Gasteiger partial charge in [-0.2, -0.15) is 0 Å². The summed E-state index contributed by atoms with van der Waals surface area (Å²) in [4.78, 5) is 13.7. The summed E-state index contributed by atoms with van der Waals surface area (Å²) in [6, 6.07) is 14.2. The minimum absolute atomic E-state index is 0.211. The number of hydrogen-bond donors (Lipinski definition) is 0. The molecule has 1 fully saturated rings. The summed E-state index contributed by atoms with van der Waals surface area (Å²) in [6.45, 7) is 0.816. The van der Waals surface area contributed by atoms with Gasteiger partial charge in [0.15, 0.2) is 0 Å². The predicted molar refractivity (Wildman–Crippen MR) is 93.5 cm³/mol. The van der Waals surface area contributed by atoms with E-state index in [0.717, 1.165) is 35.7 Å². The van der Waals surface area contributed by atoms with Gasteiger partial charge in [0.2, 0.25) is 11.8 Å². The highest BCUT2D eigenvalue weighted by atomic mass is 32.2. The number of piperidine rings is 1. The molecule has 2 heterocycles. The fraction of sp³-hybridized carbons (Fsp3) is 0.278. The zero-order valence-electron chi connectivity index (χ0n) is 13.1. The summed E-state index contributed by atoms with van der Waals surface area (Å²) in [6.07, 6.45) is 2.70. The van der Waals surface area contributed by atoms with Crippen molar-refractivity contribution < 1.29 is 9.21 Å². The van der Waals surface area contributed by atoms with Gasteiger partial charge in [-0.25, -0.2) is 0 Å². The van der Waals surface area contributed by atoms with Crippen molar-refractivity contribution in [3.63, 3.8) is 0 Å². The largest absolute Gasteiger partial charge is 0.411 e. The van der Waals surface area contributed by atoms with Gasteiger partial charge in [0.25, 0.3) is 5.22 Å². The van der Waals surface area contributed by atoms with Gasteiger partial charge in [0, 0.05) is 18.5 Å².